The monoisotopic (exact) mass is 392 g/mol. The molecule has 0 aliphatic heterocycles. The van der Waals surface area contributed by atoms with Crippen LogP contribution in [0.15, 0.2) is 66.5 Å². The molecule has 3 rings (SSSR count). The fourth-order valence-electron chi connectivity index (χ4n) is 3.05. The summed E-state index contributed by atoms with van der Waals surface area (Å²) in [4.78, 5) is 16.6. The van der Waals surface area contributed by atoms with Gasteiger partial charge >= 0.3 is 5.97 Å². The van der Waals surface area contributed by atoms with Crippen LogP contribution in [0.3, 0.4) is 0 Å². The van der Waals surface area contributed by atoms with Gasteiger partial charge < -0.3 is 14.0 Å². The van der Waals surface area contributed by atoms with Crippen LogP contribution in [0, 0.1) is 5.41 Å². The summed E-state index contributed by atoms with van der Waals surface area (Å²) in [7, 11) is 0. The summed E-state index contributed by atoms with van der Waals surface area (Å²) in [5.74, 6) is 0.436. The fraction of sp³-hybridized carbons (Fsp3) is 0.333. The molecule has 1 aromatic heterocycles. The fourth-order valence-corrected chi connectivity index (χ4v) is 3.05. The minimum Gasteiger partial charge on any atom is -0.487 e. The number of benzene rings is 2. The Morgan fingerprint density at radius 3 is 2.55 bits per heavy atom. The molecule has 1 heterocycles. The molecule has 0 amide bonds. The van der Waals surface area contributed by atoms with Crippen LogP contribution in [0.2, 0.25) is 0 Å². The maximum atomic E-state index is 12.0. The topological polar surface area (TPSA) is 53.4 Å². The molecular weight excluding hydrogens is 364 g/mol. The van der Waals surface area contributed by atoms with Crippen LogP contribution in [0.25, 0.3) is 11.0 Å². The minimum absolute atomic E-state index is 0.176. The van der Waals surface area contributed by atoms with E-state index in [4.69, 9.17) is 9.47 Å². The number of carbonyl (C=O) groups is 1. The summed E-state index contributed by atoms with van der Waals surface area (Å²) >= 11 is 0. The number of esters is 1. The van der Waals surface area contributed by atoms with Crippen LogP contribution >= 0.6 is 0 Å². The Bertz CT molecular complexity index is 998. The number of rotatable bonds is 7. The van der Waals surface area contributed by atoms with Gasteiger partial charge in [-0.1, -0.05) is 57.2 Å². The Kier molecular flexibility index (Phi) is 6.37. The number of nitrogens with zero attached hydrogens (tertiary/aromatic N) is 2. The smallest absolute Gasteiger partial charge is 0.330 e. The van der Waals surface area contributed by atoms with Crippen LogP contribution in [-0.2, 0) is 22.7 Å². The van der Waals surface area contributed by atoms with E-state index in [-0.39, 0.29) is 11.4 Å². The molecule has 0 saturated heterocycles. The second-order valence-corrected chi connectivity index (χ2v) is 7.94. The van der Waals surface area contributed by atoms with E-state index in [1.807, 2.05) is 60.0 Å². The Morgan fingerprint density at radius 1 is 1.10 bits per heavy atom. The molecule has 0 bridgehead atoms. The molecule has 2 aromatic carbocycles. The van der Waals surface area contributed by atoms with Crippen molar-refractivity contribution in [1.29, 1.82) is 0 Å². The van der Waals surface area contributed by atoms with E-state index in [0.29, 0.717) is 19.8 Å². The first-order chi connectivity index (χ1) is 13.9. The third-order valence-electron chi connectivity index (χ3n) is 4.73. The van der Waals surface area contributed by atoms with Crippen LogP contribution in [0.1, 0.15) is 33.3 Å². The number of fused-ring (bicyclic) bond motifs is 1. The molecule has 5 nitrogen and oxygen atoms in total. The summed E-state index contributed by atoms with van der Waals surface area (Å²) in [6.45, 7) is 9.48. The summed E-state index contributed by atoms with van der Waals surface area (Å²) in [5, 5.41) is 0. The molecule has 0 aliphatic carbocycles. The van der Waals surface area contributed by atoms with Crippen molar-refractivity contribution in [3.8, 4) is 5.75 Å². The van der Waals surface area contributed by atoms with Gasteiger partial charge in [-0.15, -0.1) is 0 Å². The number of ether oxygens (including phenoxy) is 2. The predicted molar refractivity (Wildman–Crippen MR) is 115 cm³/mol. The molecule has 0 radical (unpaired) electrons. The lowest BCUT2D eigenvalue weighted by molar-refractivity contribution is -0.137. The second kappa shape index (κ2) is 8.95. The van der Waals surface area contributed by atoms with Crippen molar-refractivity contribution in [2.24, 2.45) is 5.41 Å². The van der Waals surface area contributed by atoms with Gasteiger partial charge in [-0.25, -0.2) is 9.78 Å². The zero-order chi connectivity index (χ0) is 20.9. The molecule has 0 unspecified atom stereocenters. The summed E-state index contributed by atoms with van der Waals surface area (Å²) < 4.78 is 13.2. The number of allylic oxidation sites excluding steroid dienone is 1. The molecule has 0 aliphatic rings. The molecular formula is C24H28N2O3. The highest BCUT2D eigenvalue weighted by atomic mass is 16.5. The van der Waals surface area contributed by atoms with E-state index in [1.54, 1.807) is 12.4 Å². The summed E-state index contributed by atoms with van der Waals surface area (Å²) in [5.41, 5.74) is 3.69. The third-order valence-corrected chi connectivity index (χ3v) is 4.73. The molecule has 152 valence electrons. The molecule has 0 N–H and O–H groups in total. The zero-order valence-electron chi connectivity index (χ0n) is 17.5. The van der Waals surface area contributed by atoms with E-state index < -0.39 is 0 Å². The molecule has 0 saturated carbocycles. The molecule has 0 fully saturated rings. The summed E-state index contributed by atoms with van der Waals surface area (Å²) in [6.07, 6.45) is 3.40. The Labute approximate surface area is 172 Å². The van der Waals surface area contributed by atoms with Crippen LogP contribution in [0.5, 0.6) is 5.75 Å². The third kappa shape index (κ3) is 5.25. The summed E-state index contributed by atoms with van der Waals surface area (Å²) in [6, 6.07) is 16.0. The quantitative estimate of drug-likeness (QED) is 0.412. The van der Waals surface area contributed by atoms with Gasteiger partial charge in [0.2, 0.25) is 0 Å². The van der Waals surface area contributed by atoms with Crippen molar-refractivity contribution in [1.82, 2.24) is 9.55 Å². The Morgan fingerprint density at radius 2 is 1.86 bits per heavy atom. The molecule has 0 atom stereocenters. The normalized spacial score (nSPS) is 12.2. The zero-order valence-corrected chi connectivity index (χ0v) is 17.5. The van der Waals surface area contributed by atoms with Gasteiger partial charge in [0.05, 0.1) is 18.5 Å². The molecule has 5 heteroatoms. The lowest BCUT2D eigenvalue weighted by Crippen LogP contribution is -2.17. The molecule has 29 heavy (non-hydrogen) atoms. The SMILES string of the molecule is CCOC(=O)/C=C(/Cn1cnc2c(OCc3ccccc3)cccc21)C(C)(C)C. The predicted octanol–water partition coefficient (Wildman–Crippen LogP) is 5.15. The van der Waals surface area contributed by atoms with Gasteiger partial charge in [0.25, 0.3) is 0 Å². The lowest BCUT2D eigenvalue weighted by Gasteiger charge is -2.23. The number of carbonyl (C=O) groups excluding carboxylic acids is 1. The number of hydrogen-bond acceptors (Lipinski definition) is 4. The number of hydrogen-bond donors (Lipinski definition) is 0. The van der Waals surface area contributed by atoms with E-state index in [1.165, 1.54) is 0 Å². The van der Waals surface area contributed by atoms with Gasteiger partial charge in [0.1, 0.15) is 17.9 Å². The second-order valence-electron chi connectivity index (χ2n) is 7.94. The number of imidazole rings is 1. The first-order valence-corrected chi connectivity index (χ1v) is 9.87. The first kappa shape index (κ1) is 20.6. The van der Waals surface area contributed by atoms with E-state index >= 15 is 0 Å². The van der Waals surface area contributed by atoms with E-state index in [0.717, 1.165) is 27.9 Å². The van der Waals surface area contributed by atoms with E-state index in [9.17, 15) is 4.79 Å². The van der Waals surface area contributed by atoms with Crippen molar-refractivity contribution in [2.75, 3.05) is 6.61 Å². The van der Waals surface area contributed by atoms with Crippen molar-refractivity contribution in [2.45, 2.75) is 40.8 Å². The standard InChI is InChI=1S/C24H28N2O3/c1-5-28-22(27)14-19(24(2,3)4)15-26-17-25-23-20(26)12-9-13-21(23)29-16-18-10-7-6-8-11-18/h6-14,17H,5,15-16H2,1-4H3/b19-14-. The Balaban J connectivity index is 1.86. The van der Waals surface area contributed by atoms with Gasteiger partial charge in [-0.05, 0) is 35.6 Å². The van der Waals surface area contributed by atoms with Gasteiger partial charge in [-0.2, -0.15) is 0 Å². The van der Waals surface area contributed by atoms with Crippen molar-refractivity contribution >= 4 is 17.0 Å². The molecule has 0 spiro atoms. The highest BCUT2D eigenvalue weighted by molar-refractivity contribution is 5.84. The van der Waals surface area contributed by atoms with Crippen molar-refractivity contribution in [3.05, 3.63) is 72.1 Å². The van der Waals surface area contributed by atoms with Crippen LogP contribution < -0.4 is 4.74 Å². The van der Waals surface area contributed by atoms with Gasteiger partial charge in [0.15, 0.2) is 0 Å². The lowest BCUT2D eigenvalue weighted by atomic mass is 9.86. The van der Waals surface area contributed by atoms with Gasteiger partial charge in [0, 0.05) is 12.6 Å². The maximum absolute atomic E-state index is 12.0. The highest BCUT2D eigenvalue weighted by Crippen LogP contribution is 2.30. The Hall–Kier alpha value is -3.08. The van der Waals surface area contributed by atoms with Crippen LogP contribution in [0.4, 0.5) is 0 Å². The van der Waals surface area contributed by atoms with Gasteiger partial charge in [-0.3, -0.25) is 0 Å². The highest BCUT2D eigenvalue weighted by Gasteiger charge is 2.20. The first-order valence-electron chi connectivity index (χ1n) is 9.87. The number of aromatic nitrogens is 2. The molecule has 3 aromatic rings. The van der Waals surface area contributed by atoms with Crippen LogP contribution in [-0.4, -0.2) is 22.1 Å². The van der Waals surface area contributed by atoms with Crippen molar-refractivity contribution < 1.29 is 14.3 Å². The largest absolute Gasteiger partial charge is 0.487 e. The average Bonchev–Trinajstić information content (AvgIpc) is 3.10. The minimum atomic E-state index is -0.311. The maximum Gasteiger partial charge on any atom is 0.330 e. The van der Waals surface area contributed by atoms with Crippen molar-refractivity contribution in [3.63, 3.8) is 0 Å². The van der Waals surface area contributed by atoms with E-state index in [2.05, 4.69) is 25.8 Å². The average molecular weight is 392 g/mol. The number of para-hydroxylation sites is 1.